The zero-order valence-corrected chi connectivity index (χ0v) is 16.8. The van der Waals surface area contributed by atoms with Crippen LogP contribution >= 0.6 is 23.2 Å². The monoisotopic (exact) mass is 414 g/mol. The Kier molecular flexibility index (Phi) is 6.92. The maximum absolute atomic E-state index is 12.1. The molecule has 0 aliphatic carbocycles. The number of benzene rings is 2. The summed E-state index contributed by atoms with van der Waals surface area (Å²) in [5.74, 6) is -0.179. The maximum atomic E-state index is 12.1. The van der Waals surface area contributed by atoms with Crippen LogP contribution in [0.25, 0.3) is 0 Å². The SMILES string of the molecule is Cc1cccc(NC(=O)CCCN(c2cc(Cl)ccc2Cl)S(C)(=O)=O)c1. The number of hydrogen-bond acceptors (Lipinski definition) is 3. The highest BCUT2D eigenvalue weighted by molar-refractivity contribution is 7.92. The lowest BCUT2D eigenvalue weighted by Gasteiger charge is -2.23. The van der Waals surface area contributed by atoms with Gasteiger partial charge in [0.25, 0.3) is 0 Å². The van der Waals surface area contributed by atoms with Crippen LogP contribution in [0, 0.1) is 6.92 Å². The molecular formula is C18H20Cl2N2O3S. The third-order valence-electron chi connectivity index (χ3n) is 3.64. The van der Waals surface area contributed by atoms with Crippen LogP contribution in [0.2, 0.25) is 10.0 Å². The molecule has 140 valence electrons. The molecule has 0 aromatic heterocycles. The maximum Gasteiger partial charge on any atom is 0.232 e. The number of halogens is 2. The first kappa shape index (κ1) is 20.6. The molecule has 0 heterocycles. The largest absolute Gasteiger partial charge is 0.326 e. The van der Waals surface area contributed by atoms with Crippen LogP contribution in [0.5, 0.6) is 0 Å². The van der Waals surface area contributed by atoms with Crippen LogP contribution in [0.3, 0.4) is 0 Å². The van der Waals surface area contributed by atoms with Gasteiger partial charge in [-0.2, -0.15) is 0 Å². The minimum absolute atomic E-state index is 0.125. The summed E-state index contributed by atoms with van der Waals surface area (Å²) in [6, 6.07) is 12.1. The predicted molar refractivity (Wildman–Crippen MR) is 108 cm³/mol. The van der Waals surface area contributed by atoms with Gasteiger partial charge in [0.05, 0.1) is 17.0 Å². The quantitative estimate of drug-likeness (QED) is 0.725. The Morgan fingerprint density at radius 3 is 2.54 bits per heavy atom. The lowest BCUT2D eigenvalue weighted by Crippen LogP contribution is -2.31. The third-order valence-corrected chi connectivity index (χ3v) is 5.38. The standard InChI is InChI=1S/C18H20Cl2N2O3S/c1-13-5-3-6-15(11-13)21-18(23)7-4-10-22(26(2,24)25)17-12-14(19)8-9-16(17)20/h3,5-6,8-9,11-12H,4,7,10H2,1-2H3,(H,21,23). The summed E-state index contributed by atoms with van der Waals surface area (Å²) in [7, 11) is -3.56. The molecule has 0 atom stereocenters. The van der Waals surface area contributed by atoms with Gasteiger partial charge < -0.3 is 5.32 Å². The highest BCUT2D eigenvalue weighted by Crippen LogP contribution is 2.30. The summed E-state index contributed by atoms with van der Waals surface area (Å²) in [5.41, 5.74) is 2.07. The Labute approximate surface area is 164 Å². The van der Waals surface area contributed by atoms with E-state index in [1.807, 2.05) is 25.1 Å². The average molecular weight is 415 g/mol. The molecule has 0 aliphatic rings. The molecule has 0 bridgehead atoms. The van der Waals surface area contributed by atoms with Crippen molar-refractivity contribution < 1.29 is 13.2 Å². The fourth-order valence-corrected chi connectivity index (χ4v) is 3.88. The van der Waals surface area contributed by atoms with E-state index in [9.17, 15) is 13.2 Å². The van der Waals surface area contributed by atoms with E-state index in [0.717, 1.165) is 11.8 Å². The summed E-state index contributed by atoms with van der Waals surface area (Å²) < 4.78 is 25.4. The fourth-order valence-electron chi connectivity index (χ4n) is 2.47. The van der Waals surface area contributed by atoms with Crippen molar-refractivity contribution in [3.8, 4) is 0 Å². The van der Waals surface area contributed by atoms with Crippen LogP contribution in [0.15, 0.2) is 42.5 Å². The van der Waals surface area contributed by atoms with E-state index >= 15 is 0 Å². The van der Waals surface area contributed by atoms with Crippen molar-refractivity contribution in [3.05, 3.63) is 58.1 Å². The normalized spacial score (nSPS) is 11.2. The van der Waals surface area contributed by atoms with Crippen molar-refractivity contribution >= 4 is 50.5 Å². The average Bonchev–Trinajstić information content (AvgIpc) is 2.53. The first-order chi connectivity index (χ1) is 12.2. The Balaban J connectivity index is 2.02. The highest BCUT2D eigenvalue weighted by Gasteiger charge is 2.20. The molecule has 1 N–H and O–H groups in total. The minimum atomic E-state index is -3.56. The lowest BCUT2D eigenvalue weighted by atomic mass is 10.2. The van der Waals surface area contributed by atoms with Gasteiger partial charge in [0, 0.05) is 23.7 Å². The van der Waals surface area contributed by atoms with Gasteiger partial charge in [-0.25, -0.2) is 8.42 Å². The number of carbonyl (C=O) groups excluding carboxylic acids is 1. The molecule has 0 spiro atoms. The number of amides is 1. The summed E-state index contributed by atoms with van der Waals surface area (Å²) in [6.07, 6.45) is 1.61. The van der Waals surface area contributed by atoms with Crippen LogP contribution in [0.4, 0.5) is 11.4 Å². The number of nitrogens with one attached hydrogen (secondary N) is 1. The molecule has 26 heavy (non-hydrogen) atoms. The van der Waals surface area contributed by atoms with E-state index in [-0.39, 0.29) is 23.9 Å². The number of aryl methyl sites for hydroxylation is 1. The zero-order valence-electron chi connectivity index (χ0n) is 14.5. The zero-order chi connectivity index (χ0) is 19.3. The smallest absolute Gasteiger partial charge is 0.232 e. The van der Waals surface area contributed by atoms with Crippen molar-refractivity contribution in [2.75, 3.05) is 22.4 Å². The van der Waals surface area contributed by atoms with Crippen molar-refractivity contribution in [3.63, 3.8) is 0 Å². The summed E-state index contributed by atoms with van der Waals surface area (Å²) in [6.45, 7) is 2.06. The first-order valence-electron chi connectivity index (χ1n) is 7.96. The van der Waals surface area contributed by atoms with Gasteiger partial charge in [0.2, 0.25) is 15.9 Å². The molecule has 0 saturated carbocycles. The van der Waals surface area contributed by atoms with E-state index in [2.05, 4.69) is 5.32 Å². The predicted octanol–water partition coefficient (Wildman–Crippen LogP) is 4.49. The van der Waals surface area contributed by atoms with Gasteiger partial charge in [0.1, 0.15) is 0 Å². The number of anilines is 2. The molecule has 5 nitrogen and oxygen atoms in total. The molecule has 1 amide bonds. The number of hydrogen-bond donors (Lipinski definition) is 1. The van der Waals surface area contributed by atoms with E-state index in [1.54, 1.807) is 18.2 Å². The van der Waals surface area contributed by atoms with E-state index < -0.39 is 10.0 Å². The van der Waals surface area contributed by atoms with E-state index in [0.29, 0.717) is 22.8 Å². The molecule has 8 heteroatoms. The van der Waals surface area contributed by atoms with Crippen LogP contribution in [0.1, 0.15) is 18.4 Å². The summed E-state index contributed by atoms with van der Waals surface area (Å²) in [5, 5.41) is 3.47. The van der Waals surface area contributed by atoms with E-state index in [1.165, 1.54) is 10.4 Å². The Morgan fingerprint density at radius 2 is 1.88 bits per heavy atom. The van der Waals surface area contributed by atoms with Gasteiger partial charge in [-0.3, -0.25) is 9.10 Å². The third kappa shape index (κ3) is 5.90. The second-order valence-corrected chi connectivity index (χ2v) is 8.70. The molecule has 0 saturated heterocycles. The van der Waals surface area contributed by atoms with Crippen molar-refractivity contribution in [1.29, 1.82) is 0 Å². The Hall–Kier alpha value is -1.76. The van der Waals surface area contributed by atoms with Crippen molar-refractivity contribution in [1.82, 2.24) is 0 Å². The molecule has 0 aliphatic heterocycles. The highest BCUT2D eigenvalue weighted by atomic mass is 35.5. The fraction of sp³-hybridized carbons (Fsp3) is 0.278. The molecule has 2 aromatic carbocycles. The van der Waals surface area contributed by atoms with Crippen LogP contribution in [-0.4, -0.2) is 27.1 Å². The van der Waals surface area contributed by atoms with Gasteiger partial charge in [-0.15, -0.1) is 0 Å². The Morgan fingerprint density at radius 1 is 1.15 bits per heavy atom. The number of nitrogens with zero attached hydrogens (tertiary/aromatic N) is 1. The lowest BCUT2D eigenvalue weighted by molar-refractivity contribution is -0.116. The summed E-state index contributed by atoms with van der Waals surface area (Å²) >= 11 is 12.1. The molecule has 0 unspecified atom stereocenters. The summed E-state index contributed by atoms with van der Waals surface area (Å²) in [4.78, 5) is 12.1. The Bertz CT molecular complexity index is 901. The van der Waals surface area contributed by atoms with Crippen LogP contribution in [-0.2, 0) is 14.8 Å². The van der Waals surface area contributed by atoms with Crippen LogP contribution < -0.4 is 9.62 Å². The first-order valence-corrected chi connectivity index (χ1v) is 10.6. The molecule has 2 aromatic rings. The van der Waals surface area contributed by atoms with Crippen molar-refractivity contribution in [2.24, 2.45) is 0 Å². The minimum Gasteiger partial charge on any atom is -0.326 e. The van der Waals surface area contributed by atoms with Crippen molar-refractivity contribution in [2.45, 2.75) is 19.8 Å². The van der Waals surface area contributed by atoms with E-state index in [4.69, 9.17) is 23.2 Å². The molecule has 2 rings (SSSR count). The second-order valence-electron chi connectivity index (χ2n) is 5.95. The second kappa shape index (κ2) is 8.75. The van der Waals surface area contributed by atoms with Gasteiger partial charge >= 0.3 is 0 Å². The number of carbonyl (C=O) groups is 1. The number of rotatable bonds is 7. The van der Waals surface area contributed by atoms with Gasteiger partial charge in [0.15, 0.2) is 0 Å². The molecule has 0 fully saturated rings. The van der Waals surface area contributed by atoms with Gasteiger partial charge in [-0.05, 0) is 49.2 Å². The van der Waals surface area contributed by atoms with Gasteiger partial charge in [-0.1, -0.05) is 35.3 Å². The number of sulfonamides is 1. The molecule has 0 radical (unpaired) electrons. The topological polar surface area (TPSA) is 66.5 Å². The molecular weight excluding hydrogens is 395 g/mol.